The number of benzene rings is 1. The average Bonchev–Trinajstić information content (AvgIpc) is 2.70. The van der Waals surface area contributed by atoms with Gasteiger partial charge in [-0.15, -0.1) is 0 Å². The maximum absolute atomic E-state index is 13.6. The minimum atomic E-state index is -0.263. The van der Waals surface area contributed by atoms with Gasteiger partial charge in [0.25, 0.3) is 0 Å². The zero-order valence-electron chi connectivity index (χ0n) is 12.5. The van der Waals surface area contributed by atoms with E-state index in [0.29, 0.717) is 41.3 Å². The number of aromatic amines is 1. The van der Waals surface area contributed by atoms with Crippen LogP contribution in [0, 0.1) is 23.4 Å². The second kappa shape index (κ2) is 6.39. The molecular formula is C15H20FN3OS. The van der Waals surface area contributed by atoms with Crippen molar-refractivity contribution in [2.24, 2.45) is 5.92 Å². The Kier molecular flexibility index (Phi) is 4.77. The number of imidazole rings is 1. The van der Waals surface area contributed by atoms with Crippen LogP contribution in [0.4, 0.5) is 4.39 Å². The predicted molar refractivity (Wildman–Crippen MR) is 84.3 cm³/mol. The lowest BCUT2D eigenvalue weighted by Gasteiger charge is -2.08. The number of nitrogens with one attached hydrogen (secondary N) is 2. The molecule has 0 aliphatic heterocycles. The molecular weight excluding hydrogens is 289 g/mol. The number of rotatable bonds is 5. The number of halogens is 1. The summed E-state index contributed by atoms with van der Waals surface area (Å²) in [6, 6.07) is 3.19. The van der Waals surface area contributed by atoms with E-state index in [-0.39, 0.29) is 11.7 Å². The van der Waals surface area contributed by atoms with Crippen molar-refractivity contribution in [1.29, 1.82) is 0 Å². The summed E-state index contributed by atoms with van der Waals surface area (Å²) in [6.45, 7) is 6.96. The molecule has 0 saturated carbocycles. The van der Waals surface area contributed by atoms with Gasteiger partial charge in [0.2, 0.25) is 5.91 Å². The molecule has 0 fully saturated rings. The zero-order chi connectivity index (χ0) is 15.6. The van der Waals surface area contributed by atoms with E-state index in [1.807, 2.05) is 18.4 Å². The van der Waals surface area contributed by atoms with Gasteiger partial charge < -0.3 is 14.9 Å². The Bertz CT molecular complexity index is 718. The maximum Gasteiger partial charge on any atom is 0.221 e. The average molecular weight is 309 g/mol. The van der Waals surface area contributed by atoms with E-state index >= 15 is 0 Å². The zero-order valence-corrected chi connectivity index (χ0v) is 13.3. The first kappa shape index (κ1) is 15.7. The van der Waals surface area contributed by atoms with Crippen molar-refractivity contribution in [1.82, 2.24) is 14.9 Å². The summed E-state index contributed by atoms with van der Waals surface area (Å²) >= 11 is 5.25. The molecule has 6 heteroatoms. The molecule has 1 aromatic carbocycles. The molecule has 114 valence electrons. The van der Waals surface area contributed by atoms with E-state index in [9.17, 15) is 9.18 Å². The van der Waals surface area contributed by atoms with Crippen molar-refractivity contribution in [3.63, 3.8) is 0 Å². The number of hydrogen-bond donors (Lipinski definition) is 2. The second-order valence-electron chi connectivity index (χ2n) is 5.65. The maximum atomic E-state index is 13.6. The van der Waals surface area contributed by atoms with Crippen LogP contribution in [-0.4, -0.2) is 22.0 Å². The molecule has 21 heavy (non-hydrogen) atoms. The molecule has 0 unspecified atom stereocenters. The molecule has 0 aliphatic carbocycles. The van der Waals surface area contributed by atoms with Crippen LogP contribution >= 0.6 is 12.2 Å². The van der Waals surface area contributed by atoms with Gasteiger partial charge in [-0.1, -0.05) is 13.8 Å². The minimum absolute atomic E-state index is 0.00113. The Labute approximate surface area is 128 Å². The molecule has 2 N–H and O–H groups in total. The van der Waals surface area contributed by atoms with Crippen molar-refractivity contribution in [2.75, 3.05) is 6.54 Å². The lowest BCUT2D eigenvalue weighted by atomic mass is 10.2. The van der Waals surface area contributed by atoms with Crippen molar-refractivity contribution < 1.29 is 9.18 Å². The van der Waals surface area contributed by atoms with E-state index < -0.39 is 0 Å². The topological polar surface area (TPSA) is 49.8 Å². The van der Waals surface area contributed by atoms with E-state index in [4.69, 9.17) is 12.2 Å². The lowest BCUT2D eigenvalue weighted by molar-refractivity contribution is -0.121. The third-order valence-corrected chi connectivity index (χ3v) is 3.65. The van der Waals surface area contributed by atoms with Crippen LogP contribution < -0.4 is 5.32 Å². The third-order valence-electron chi connectivity index (χ3n) is 3.32. The number of aryl methyl sites for hydroxylation is 2. The van der Waals surface area contributed by atoms with Gasteiger partial charge >= 0.3 is 0 Å². The third kappa shape index (κ3) is 3.69. The standard InChI is InChI=1S/C15H20FN3OS/c1-9(2)8-17-14(20)4-5-19-13-6-10(3)11(16)7-12(13)18-15(19)21/h6-7,9H,4-5,8H2,1-3H3,(H,17,20)(H,18,21). The quantitative estimate of drug-likeness (QED) is 0.833. The molecule has 0 saturated heterocycles. The SMILES string of the molecule is Cc1cc2c(cc1F)[nH]c(=S)n2CCC(=O)NCC(C)C. The van der Waals surface area contributed by atoms with Crippen LogP contribution in [0.5, 0.6) is 0 Å². The Morgan fingerprint density at radius 3 is 2.86 bits per heavy atom. The van der Waals surface area contributed by atoms with Gasteiger partial charge in [-0.25, -0.2) is 4.39 Å². The normalized spacial score (nSPS) is 11.3. The Morgan fingerprint density at radius 2 is 2.19 bits per heavy atom. The molecule has 0 spiro atoms. The summed E-state index contributed by atoms with van der Waals surface area (Å²) in [5, 5.41) is 2.88. The molecule has 4 nitrogen and oxygen atoms in total. The first-order valence-electron chi connectivity index (χ1n) is 7.04. The number of aromatic nitrogens is 2. The number of carbonyl (C=O) groups excluding carboxylic acids is 1. The van der Waals surface area contributed by atoms with Crippen molar-refractivity contribution >= 4 is 29.2 Å². The summed E-state index contributed by atoms with van der Waals surface area (Å²) in [4.78, 5) is 14.8. The lowest BCUT2D eigenvalue weighted by Crippen LogP contribution is -2.28. The molecule has 0 bridgehead atoms. The summed E-state index contributed by atoms with van der Waals surface area (Å²) in [5.74, 6) is 0.161. The van der Waals surface area contributed by atoms with Gasteiger partial charge in [0.05, 0.1) is 11.0 Å². The van der Waals surface area contributed by atoms with Crippen LogP contribution in [0.25, 0.3) is 11.0 Å². The molecule has 0 atom stereocenters. The van der Waals surface area contributed by atoms with Crippen LogP contribution in [0.1, 0.15) is 25.8 Å². The highest BCUT2D eigenvalue weighted by atomic mass is 32.1. The molecule has 0 aliphatic rings. The number of carbonyl (C=O) groups is 1. The predicted octanol–water partition coefficient (Wildman–Crippen LogP) is 3.31. The van der Waals surface area contributed by atoms with Crippen LogP contribution in [0.15, 0.2) is 12.1 Å². The van der Waals surface area contributed by atoms with Crippen LogP contribution in [0.2, 0.25) is 0 Å². The number of fused-ring (bicyclic) bond motifs is 1. The van der Waals surface area contributed by atoms with E-state index in [1.165, 1.54) is 6.07 Å². The molecule has 1 heterocycles. The highest BCUT2D eigenvalue weighted by molar-refractivity contribution is 7.71. The first-order valence-corrected chi connectivity index (χ1v) is 7.44. The smallest absolute Gasteiger partial charge is 0.221 e. The molecule has 2 aromatic rings. The van der Waals surface area contributed by atoms with E-state index in [1.54, 1.807) is 13.0 Å². The fourth-order valence-corrected chi connectivity index (χ4v) is 2.42. The van der Waals surface area contributed by atoms with E-state index in [0.717, 1.165) is 5.52 Å². The second-order valence-corrected chi connectivity index (χ2v) is 6.03. The number of amides is 1. The van der Waals surface area contributed by atoms with Crippen molar-refractivity contribution in [3.05, 3.63) is 28.3 Å². The van der Waals surface area contributed by atoms with Gasteiger partial charge in [0, 0.05) is 19.5 Å². The molecule has 0 radical (unpaired) electrons. The van der Waals surface area contributed by atoms with Gasteiger partial charge in [-0.3, -0.25) is 4.79 Å². The van der Waals surface area contributed by atoms with Gasteiger partial charge in [-0.2, -0.15) is 0 Å². The number of H-pyrrole nitrogens is 1. The van der Waals surface area contributed by atoms with Crippen molar-refractivity contribution in [3.8, 4) is 0 Å². The summed E-state index contributed by atoms with van der Waals surface area (Å²) < 4.78 is 15.9. The summed E-state index contributed by atoms with van der Waals surface area (Å²) in [7, 11) is 0. The highest BCUT2D eigenvalue weighted by Gasteiger charge is 2.10. The van der Waals surface area contributed by atoms with Crippen LogP contribution in [0.3, 0.4) is 0 Å². The fourth-order valence-electron chi connectivity index (χ4n) is 2.12. The summed E-state index contributed by atoms with van der Waals surface area (Å²) in [5.41, 5.74) is 2.05. The van der Waals surface area contributed by atoms with Gasteiger partial charge in [0.15, 0.2) is 4.77 Å². The Hall–Kier alpha value is -1.69. The molecule has 1 aromatic heterocycles. The number of hydrogen-bond acceptors (Lipinski definition) is 2. The van der Waals surface area contributed by atoms with Crippen LogP contribution in [-0.2, 0) is 11.3 Å². The minimum Gasteiger partial charge on any atom is -0.356 e. The molecule has 2 rings (SSSR count). The van der Waals surface area contributed by atoms with Gasteiger partial charge in [0.1, 0.15) is 5.82 Å². The first-order chi connectivity index (χ1) is 9.88. The van der Waals surface area contributed by atoms with Crippen molar-refractivity contribution in [2.45, 2.75) is 33.7 Å². The van der Waals surface area contributed by atoms with E-state index in [2.05, 4.69) is 10.3 Å². The fraction of sp³-hybridized carbons (Fsp3) is 0.467. The monoisotopic (exact) mass is 309 g/mol. The largest absolute Gasteiger partial charge is 0.356 e. The highest BCUT2D eigenvalue weighted by Crippen LogP contribution is 2.19. The molecule has 1 amide bonds. The Morgan fingerprint density at radius 1 is 1.48 bits per heavy atom. The summed E-state index contributed by atoms with van der Waals surface area (Å²) in [6.07, 6.45) is 0.352. The Balaban J connectivity index is 2.15. The number of nitrogens with zero attached hydrogens (tertiary/aromatic N) is 1. The van der Waals surface area contributed by atoms with Gasteiger partial charge in [-0.05, 0) is 42.8 Å².